The molecule has 2 aliphatic rings. The summed E-state index contributed by atoms with van der Waals surface area (Å²) in [5.74, 6) is -0.0426. The molecule has 3 rings (SSSR count). The molecule has 0 saturated carbocycles. The minimum absolute atomic E-state index is 0.0426. The largest absolute Gasteiger partial charge is 0.399 e. The van der Waals surface area contributed by atoms with Gasteiger partial charge in [-0.15, -0.1) is 0 Å². The highest BCUT2D eigenvalue weighted by molar-refractivity contribution is 6.03. The molecule has 0 aromatic heterocycles. The predicted octanol–water partition coefficient (Wildman–Crippen LogP) is 2.80. The fraction of sp³-hybridized carbons (Fsp3) is 0.250. The molecule has 0 radical (unpaired) electrons. The van der Waals surface area contributed by atoms with Gasteiger partial charge in [-0.2, -0.15) is 5.10 Å². The molecule has 1 aliphatic heterocycles. The summed E-state index contributed by atoms with van der Waals surface area (Å²) >= 11 is 0. The molecule has 2 N–H and O–H groups in total. The summed E-state index contributed by atoms with van der Waals surface area (Å²) in [5.41, 5.74) is 9.78. The van der Waals surface area contributed by atoms with Gasteiger partial charge in [-0.1, -0.05) is 30.4 Å². The monoisotopic (exact) mass is 267 g/mol. The molecule has 0 saturated heterocycles. The molecular weight excluding hydrogens is 250 g/mol. The van der Waals surface area contributed by atoms with E-state index in [1.165, 1.54) is 5.57 Å². The minimum Gasteiger partial charge on any atom is -0.399 e. The molecule has 0 fully saturated rings. The van der Waals surface area contributed by atoms with E-state index in [-0.39, 0.29) is 11.9 Å². The van der Waals surface area contributed by atoms with Gasteiger partial charge in [0.05, 0.1) is 11.8 Å². The number of nitrogen functional groups attached to an aromatic ring is 1. The van der Waals surface area contributed by atoms with Crippen LogP contribution in [-0.2, 0) is 4.79 Å². The summed E-state index contributed by atoms with van der Waals surface area (Å²) in [7, 11) is 0. The van der Waals surface area contributed by atoms with Crippen molar-refractivity contribution < 1.29 is 4.79 Å². The zero-order valence-corrected chi connectivity index (χ0v) is 11.4. The maximum Gasteiger partial charge on any atom is 0.240 e. The Morgan fingerprint density at radius 3 is 2.95 bits per heavy atom. The third kappa shape index (κ3) is 2.25. The van der Waals surface area contributed by atoms with Crippen LogP contribution < -0.4 is 5.73 Å². The first-order chi connectivity index (χ1) is 9.65. The molecule has 0 spiro atoms. The molecule has 1 heterocycles. The Bertz CT molecular complexity index is 643. The van der Waals surface area contributed by atoms with Crippen LogP contribution in [0.1, 0.15) is 31.4 Å². The summed E-state index contributed by atoms with van der Waals surface area (Å²) in [6.07, 6.45) is 7.84. The smallest absolute Gasteiger partial charge is 0.240 e. The molecule has 102 valence electrons. The van der Waals surface area contributed by atoms with Gasteiger partial charge in [0.15, 0.2) is 0 Å². The number of hydrogen-bond acceptors (Lipinski definition) is 3. The van der Waals surface area contributed by atoms with Crippen molar-refractivity contribution in [1.29, 1.82) is 0 Å². The average Bonchev–Trinajstić information content (AvgIpc) is 3.08. The number of nitrogens with two attached hydrogens (primary N) is 1. The standard InChI is InChI=1S/C16H17N3O/c1-11(20)19-16(13-7-4-8-14(17)9-13)10-15(18-19)12-5-2-3-6-12/h2-5,7-9,16H,6,10,17H2,1H3. The summed E-state index contributed by atoms with van der Waals surface area (Å²) in [4.78, 5) is 11.8. The summed E-state index contributed by atoms with van der Waals surface area (Å²) in [6.45, 7) is 1.55. The van der Waals surface area contributed by atoms with E-state index in [9.17, 15) is 4.79 Å². The van der Waals surface area contributed by atoms with E-state index in [4.69, 9.17) is 5.73 Å². The van der Waals surface area contributed by atoms with E-state index in [1.807, 2.05) is 30.3 Å². The van der Waals surface area contributed by atoms with Crippen molar-refractivity contribution >= 4 is 17.3 Å². The first-order valence-electron chi connectivity index (χ1n) is 6.74. The number of nitrogens with zero attached hydrogens (tertiary/aromatic N) is 2. The first kappa shape index (κ1) is 12.7. The molecule has 1 atom stereocenters. The molecule has 1 unspecified atom stereocenters. The quantitative estimate of drug-likeness (QED) is 0.838. The topological polar surface area (TPSA) is 58.7 Å². The second kappa shape index (κ2) is 4.96. The number of amides is 1. The number of hydrogen-bond donors (Lipinski definition) is 1. The number of benzene rings is 1. The fourth-order valence-corrected chi connectivity index (χ4v) is 2.68. The second-order valence-electron chi connectivity index (χ2n) is 5.12. The van der Waals surface area contributed by atoms with E-state index >= 15 is 0 Å². The molecule has 1 amide bonds. The highest BCUT2D eigenvalue weighted by Gasteiger charge is 2.32. The van der Waals surface area contributed by atoms with Crippen molar-refractivity contribution in [2.75, 3.05) is 5.73 Å². The van der Waals surface area contributed by atoms with Crippen LogP contribution in [0.2, 0.25) is 0 Å². The van der Waals surface area contributed by atoms with Crippen LogP contribution in [0.3, 0.4) is 0 Å². The SMILES string of the molecule is CC(=O)N1N=C(C2=CC=CC2)CC1c1cccc(N)c1. The van der Waals surface area contributed by atoms with Crippen molar-refractivity contribution in [1.82, 2.24) is 5.01 Å². The number of allylic oxidation sites excluding steroid dienone is 4. The molecule has 1 aromatic rings. The second-order valence-corrected chi connectivity index (χ2v) is 5.12. The third-order valence-corrected chi connectivity index (χ3v) is 3.67. The van der Waals surface area contributed by atoms with Crippen LogP contribution in [0, 0.1) is 0 Å². The molecular formula is C16H17N3O. The molecule has 0 bridgehead atoms. The van der Waals surface area contributed by atoms with Gasteiger partial charge in [-0.3, -0.25) is 4.79 Å². The maximum absolute atomic E-state index is 11.8. The number of hydrazone groups is 1. The summed E-state index contributed by atoms with van der Waals surface area (Å²) < 4.78 is 0. The van der Waals surface area contributed by atoms with Gasteiger partial charge >= 0.3 is 0 Å². The Balaban J connectivity index is 1.91. The first-order valence-corrected chi connectivity index (χ1v) is 6.74. The fourth-order valence-electron chi connectivity index (χ4n) is 2.68. The van der Waals surface area contributed by atoms with Crippen molar-refractivity contribution in [3.63, 3.8) is 0 Å². The van der Waals surface area contributed by atoms with Gasteiger partial charge in [0, 0.05) is 19.0 Å². The number of carbonyl (C=O) groups excluding carboxylic acids is 1. The van der Waals surface area contributed by atoms with E-state index in [0.717, 1.165) is 24.1 Å². The molecule has 4 nitrogen and oxygen atoms in total. The zero-order valence-electron chi connectivity index (χ0n) is 11.4. The van der Waals surface area contributed by atoms with E-state index < -0.39 is 0 Å². The van der Waals surface area contributed by atoms with Crippen molar-refractivity contribution in [3.05, 3.63) is 53.6 Å². The van der Waals surface area contributed by atoms with Gasteiger partial charge < -0.3 is 5.73 Å². The highest BCUT2D eigenvalue weighted by atomic mass is 16.2. The number of rotatable bonds is 2. The molecule has 1 aromatic carbocycles. The normalized spacial score (nSPS) is 21.1. The third-order valence-electron chi connectivity index (χ3n) is 3.67. The molecule has 20 heavy (non-hydrogen) atoms. The van der Waals surface area contributed by atoms with E-state index in [1.54, 1.807) is 11.9 Å². The molecule has 4 heteroatoms. The Kier molecular flexibility index (Phi) is 3.14. The summed E-state index contributed by atoms with van der Waals surface area (Å²) in [6, 6.07) is 7.63. The molecule has 1 aliphatic carbocycles. The lowest BCUT2D eigenvalue weighted by atomic mass is 9.97. The average molecular weight is 267 g/mol. The number of carbonyl (C=O) groups is 1. The van der Waals surface area contributed by atoms with Crippen molar-refractivity contribution in [3.8, 4) is 0 Å². The van der Waals surface area contributed by atoms with Gasteiger partial charge in [0.1, 0.15) is 0 Å². The van der Waals surface area contributed by atoms with E-state index in [0.29, 0.717) is 5.69 Å². The lowest BCUT2D eigenvalue weighted by Crippen LogP contribution is -2.24. The van der Waals surface area contributed by atoms with Crippen LogP contribution in [0.25, 0.3) is 0 Å². The zero-order chi connectivity index (χ0) is 14.1. The minimum atomic E-state index is -0.0486. The van der Waals surface area contributed by atoms with Gasteiger partial charge in [-0.05, 0) is 29.7 Å². The Morgan fingerprint density at radius 1 is 1.45 bits per heavy atom. The van der Waals surface area contributed by atoms with Crippen LogP contribution >= 0.6 is 0 Å². The highest BCUT2D eigenvalue weighted by Crippen LogP contribution is 2.34. The lowest BCUT2D eigenvalue weighted by Gasteiger charge is -2.20. The lowest BCUT2D eigenvalue weighted by molar-refractivity contribution is -0.130. The number of anilines is 1. The summed E-state index contributed by atoms with van der Waals surface area (Å²) in [5, 5.41) is 6.08. The Morgan fingerprint density at radius 2 is 2.30 bits per heavy atom. The predicted molar refractivity (Wildman–Crippen MR) is 80.0 cm³/mol. The van der Waals surface area contributed by atoms with Gasteiger partial charge in [-0.25, -0.2) is 5.01 Å². The van der Waals surface area contributed by atoms with Crippen LogP contribution in [0.4, 0.5) is 5.69 Å². The van der Waals surface area contributed by atoms with Crippen LogP contribution in [0.5, 0.6) is 0 Å². The Labute approximate surface area is 118 Å². The Hall–Kier alpha value is -2.36. The van der Waals surface area contributed by atoms with Gasteiger partial charge in [0.25, 0.3) is 0 Å². The van der Waals surface area contributed by atoms with Crippen LogP contribution in [0.15, 0.2) is 53.2 Å². The van der Waals surface area contributed by atoms with Crippen LogP contribution in [-0.4, -0.2) is 16.6 Å². The van der Waals surface area contributed by atoms with E-state index in [2.05, 4.69) is 17.3 Å². The van der Waals surface area contributed by atoms with Crippen molar-refractivity contribution in [2.45, 2.75) is 25.8 Å². The van der Waals surface area contributed by atoms with Crippen molar-refractivity contribution in [2.24, 2.45) is 5.10 Å². The maximum atomic E-state index is 11.8. The van der Waals surface area contributed by atoms with Gasteiger partial charge in [0.2, 0.25) is 5.91 Å².